The first-order chi connectivity index (χ1) is 40.0. The number of unbranched alkanes of at least 4 members (excludes halogenated alkanes) is 45. The van der Waals surface area contributed by atoms with Crippen molar-refractivity contribution in [3.8, 4) is 0 Å². The summed E-state index contributed by atoms with van der Waals surface area (Å²) in [5.41, 5.74) is 0. The molecule has 0 radical (unpaired) electrons. The molecule has 81 heavy (non-hydrogen) atoms. The van der Waals surface area contributed by atoms with Gasteiger partial charge >= 0.3 is 17.9 Å². The van der Waals surface area contributed by atoms with Crippen molar-refractivity contribution in [3.63, 3.8) is 0 Å². The number of hydrogen-bond donors (Lipinski definition) is 0. The molecule has 0 N–H and O–H groups in total. The molecule has 6 heteroatoms. The second-order valence-electron chi connectivity index (χ2n) is 24.1. The topological polar surface area (TPSA) is 78.9 Å². The van der Waals surface area contributed by atoms with Crippen molar-refractivity contribution in [1.29, 1.82) is 0 Å². The van der Waals surface area contributed by atoms with Gasteiger partial charge in [0.2, 0.25) is 0 Å². The van der Waals surface area contributed by atoms with E-state index >= 15 is 0 Å². The Bertz CT molecular complexity index is 1440. The van der Waals surface area contributed by atoms with Gasteiger partial charge in [0, 0.05) is 19.3 Å². The molecule has 0 aromatic heterocycles. The van der Waals surface area contributed by atoms with Crippen molar-refractivity contribution >= 4 is 17.9 Å². The number of carbonyl (C=O) groups excluding carboxylic acids is 3. The molecule has 0 saturated carbocycles. The summed E-state index contributed by atoms with van der Waals surface area (Å²) in [7, 11) is 0. The van der Waals surface area contributed by atoms with E-state index in [0.717, 1.165) is 83.5 Å². The van der Waals surface area contributed by atoms with Crippen LogP contribution in [0.15, 0.2) is 60.8 Å². The van der Waals surface area contributed by atoms with E-state index in [9.17, 15) is 14.4 Å². The molecule has 1 atom stereocenters. The van der Waals surface area contributed by atoms with Crippen LogP contribution in [0.5, 0.6) is 0 Å². The number of rotatable bonds is 66. The first-order valence-corrected chi connectivity index (χ1v) is 35.8. The van der Waals surface area contributed by atoms with Crippen LogP contribution in [-0.4, -0.2) is 37.2 Å². The van der Waals surface area contributed by atoms with Crippen LogP contribution in [0.4, 0.5) is 0 Å². The third-order valence-corrected chi connectivity index (χ3v) is 16.0. The summed E-state index contributed by atoms with van der Waals surface area (Å²) >= 11 is 0. The maximum Gasteiger partial charge on any atom is 0.306 e. The monoisotopic (exact) mass is 1130 g/mol. The minimum absolute atomic E-state index is 0.0749. The highest BCUT2D eigenvalue weighted by atomic mass is 16.6. The SMILES string of the molecule is CCCCCCC/C=C\C/C=C\C/C=C\CCCCCCCCC(=O)OC(COC(=O)CCCCCCCCCCCCCCC)COC(=O)CCCCCCCCCCCCCCCCCCC/C=C\C/C=C\CCCCCCC. The maximum atomic E-state index is 12.9. The number of allylic oxidation sites excluding steroid dienone is 10. The molecule has 0 heterocycles. The lowest BCUT2D eigenvalue weighted by molar-refractivity contribution is -0.167. The van der Waals surface area contributed by atoms with Gasteiger partial charge in [-0.05, 0) is 89.9 Å². The molecule has 0 fully saturated rings. The van der Waals surface area contributed by atoms with Crippen molar-refractivity contribution in [2.75, 3.05) is 13.2 Å². The summed E-state index contributed by atoms with van der Waals surface area (Å²) in [6.45, 7) is 6.66. The van der Waals surface area contributed by atoms with Crippen LogP contribution in [0.1, 0.15) is 380 Å². The number of hydrogen-bond acceptors (Lipinski definition) is 6. The first kappa shape index (κ1) is 78.1. The summed E-state index contributed by atoms with van der Waals surface area (Å²) < 4.78 is 17.0. The Kier molecular flexibility index (Phi) is 67.1. The van der Waals surface area contributed by atoms with Gasteiger partial charge in [-0.1, -0.05) is 332 Å². The lowest BCUT2D eigenvalue weighted by Gasteiger charge is -2.18. The third kappa shape index (κ3) is 67.8. The first-order valence-electron chi connectivity index (χ1n) is 35.8. The zero-order valence-electron chi connectivity index (χ0n) is 54.3. The standard InChI is InChI=1S/C75H136O6/c1-4-7-10-13-16-19-22-25-27-29-31-33-34-35-36-37-38-39-40-42-43-45-47-50-53-56-59-62-65-68-74(77)80-71-72(70-79-73(76)67-64-61-58-55-52-49-24-21-18-15-12-9-6-3)81-75(78)69-66-63-60-57-54-51-48-46-44-41-32-30-28-26-23-20-17-14-11-8-5-2/h22-23,25-26,29-32,44,46,72H,4-21,24,27-28,33-43,45,47-71H2,1-3H3/b25-22-,26-23-,31-29-,32-30-,46-44-. The summed E-state index contributed by atoms with van der Waals surface area (Å²) in [5, 5.41) is 0. The summed E-state index contributed by atoms with van der Waals surface area (Å²) in [6.07, 6.45) is 89.6. The smallest absolute Gasteiger partial charge is 0.306 e. The largest absolute Gasteiger partial charge is 0.462 e. The van der Waals surface area contributed by atoms with Crippen LogP contribution in [0.25, 0.3) is 0 Å². The van der Waals surface area contributed by atoms with Gasteiger partial charge in [-0.15, -0.1) is 0 Å². The molecule has 0 bridgehead atoms. The molecule has 0 aliphatic rings. The van der Waals surface area contributed by atoms with Gasteiger partial charge in [-0.2, -0.15) is 0 Å². The zero-order chi connectivity index (χ0) is 58.5. The number of carbonyl (C=O) groups is 3. The average molecular weight is 1130 g/mol. The highest BCUT2D eigenvalue weighted by Crippen LogP contribution is 2.18. The fraction of sp³-hybridized carbons (Fsp3) is 0.827. The van der Waals surface area contributed by atoms with Crippen LogP contribution in [-0.2, 0) is 28.6 Å². The fourth-order valence-corrected chi connectivity index (χ4v) is 10.6. The molecular weight excluding hydrogens is 997 g/mol. The lowest BCUT2D eigenvalue weighted by Crippen LogP contribution is -2.30. The van der Waals surface area contributed by atoms with Crippen molar-refractivity contribution in [2.45, 2.75) is 386 Å². The molecule has 472 valence electrons. The van der Waals surface area contributed by atoms with Crippen LogP contribution in [0.2, 0.25) is 0 Å². The van der Waals surface area contributed by atoms with E-state index < -0.39 is 6.10 Å². The van der Waals surface area contributed by atoms with E-state index in [1.807, 2.05) is 0 Å². The van der Waals surface area contributed by atoms with Gasteiger partial charge in [0.1, 0.15) is 13.2 Å². The molecule has 0 aromatic carbocycles. The zero-order valence-corrected chi connectivity index (χ0v) is 54.3. The van der Waals surface area contributed by atoms with E-state index in [1.165, 1.54) is 257 Å². The second-order valence-corrected chi connectivity index (χ2v) is 24.1. The average Bonchev–Trinajstić information content (AvgIpc) is 3.46. The fourth-order valence-electron chi connectivity index (χ4n) is 10.6. The predicted molar refractivity (Wildman–Crippen MR) is 353 cm³/mol. The van der Waals surface area contributed by atoms with Crippen molar-refractivity contribution in [1.82, 2.24) is 0 Å². The molecule has 1 unspecified atom stereocenters. The van der Waals surface area contributed by atoms with Gasteiger partial charge in [-0.3, -0.25) is 14.4 Å². The highest BCUT2D eigenvalue weighted by Gasteiger charge is 2.19. The molecule has 6 nitrogen and oxygen atoms in total. The summed E-state index contributed by atoms with van der Waals surface area (Å²) in [5.74, 6) is -0.863. The van der Waals surface area contributed by atoms with E-state index in [0.29, 0.717) is 19.3 Å². The Morgan fingerprint density at radius 2 is 0.444 bits per heavy atom. The van der Waals surface area contributed by atoms with Gasteiger partial charge in [0.05, 0.1) is 0 Å². The van der Waals surface area contributed by atoms with E-state index in [1.54, 1.807) is 0 Å². The van der Waals surface area contributed by atoms with Crippen LogP contribution < -0.4 is 0 Å². The van der Waals surface area contributed by atoms with Crippen LogP contribution in [0.3, 0.4) is 0 Å². The summed E-state index contributed by atoms with van der Waals surface area (Å²) in [4.78, 5) is 38.4. The number of esters is 3. The Balaban J connectivity index is 4.23. The van der Waals surface area contributed by atoms with Crippen molar-refractivity contribution < 1.29 is 28.6 Å². The molecule has 0 aliphatic heterocycles. The summed E-state index contributed by atoms with van der Waals surface area (Å²) in [6, 6.07) is 0. The highest BCUT2D eigenvalue weighted by molar-refractivity contribution is 5.71. The maximum absolute atomic E-state index is 12.9. The Morgan fingerprint density at radius 3 is 0.691 bits per heavy atom. The van der Waals surface area contributed by atoms with E-state index in [4.69, 9.17) is 14.2 Å². The molecule has 0 saturated heterocycles. The molecule has 0 spiro atoms. The lowest BCUT2D eigenvalue weighted by atomic mass is 10.0. The quantitative estimate of drug-likeness (QED) is 0.0261. The van der Waals surface area contributed by atoms with Gasteiger partial charge in [0.25, 0.3) is 0 Å². The minimum Gasteiger partial charge on any atom is -0.462 e. The van der Waals surface area contributed by atoms with Gasteiger partial charge < -0.3 is 14.2 Å². The molecule has 0 amide bonds. The minimum atomic E-state index is -0.780. The Hall–Kier alpha value is -2.89. The Morgan fingerprint density at radius 1 is 0.247 bits per heavy atom. The molecule has 0 rings (SSSR count). The molecule has 0 aromatic rings. The van der Waals surface area contributed by atoms with Gasteiger partial charge in [0.15, 0.2) is 6.10 Å². The second kappa shape index (κ2) is 69.6. The van der Waals surface area contributed by atoms with Gasteiger partial charge in [-0.25, -0.2) is 0 Å². The molecular formula is C75H136O6. The van der Waals surface area contributed by atoms with E-state index in [-0.39, 0.29) is 31.1 Å². The molecule has 0 aliphatic carbocycles. The van der Waals surface area contributed by atoms with Crippen LogP contribution >= 0.6 is 0 Å². The normalized spacial score (nSPS) is 12.4. The van der Waals surface area contributed by atoms with Crippen molar-refractivity contribution in [3.05, 3.63) is 60.8 Å². The van der Waals surface area contributed by atoms with E-state index in [2.05, 4.69) is 81.5 Å². The van der Waals surface area contributed by atoms with Crippen molar-refractivity contribution in [2.24, 2.45) is 0 Å². The Labute approximate surface area is 504 Å². The third-order valence-electron chi connectivity index (χ3n) is 16.0. The van der Waals surface area contributed by atoms with Crippen LogP contribution in [0, 0.1) is 0 Å². The number of ether oxygens (including phenoxy) is 3. The predicted octanol–water partition coefficient (Wildman–Crippen LogP) is 24.7.